The van der Waals surface area contributed by atoms with Gasteiger partial charge in [0.25, 0.3) is 5.91 Å². The summed E-state index contributed by atoms with van der Waals surface area (Å²) in [5.74, 6) is -0.317. The summed E-state index contributed by atoms with van der Waals surface area (Å²) in [4.78, 5) is 29.1. The lowest BCUT2D eigenvalue weighted by Gasteiger charge is -2.10. The van der Waals surface area contributed by atoms with Gasteiger partial charge in [-0.1, -0.05) is 54.6 Å². The molecule has 0 aliphatic carbocycles. The SMILES string of the molecule is COc1ccc(C(=O)OCC(=O)Nc2nc(-c3ccc(-c4ccccc4)cc3)cs2)c(OC)c1. The Bertz CT molecular complexity index is 1290. The van der Waals surface area contributed by atoms with Crippen molar-refractivity contribution in [3.8, 4) is 33.9 Å². The van der Waals surface area contributed by atoms with E-state index in [2.05, 4.69) is 22.4 Å². The number of esters is 1. The molecule has 1 heterocycles. The van der Waals surface area contributed by atoms with Gasteiger partial charge in [0.15, 0.2) is 11.7 Å². The third-order valence-electron chi connectivity index (χ3n) is 5.00. The molecule has 1 aromatic heterocycles. The van der Waals surface area contributed by atoms with Crippen LogP contribution in [0, 0.1) is 0 Å². The Balaban J connectivity index is 1.34. The van der Waals surface area contributed by atoms with Gasteiger partial charge in [-0.05, 0) is 23.3 Å². The van der Waals surface area contributed by atoms with Gasteiger partial charge in [-0.2, -0.15) is 0 Å². The van der Waals surface area contributed by atoms with E-state index >= 15 is 0 Å². The minimum Gasteiger partial charge on any atom is -0.497 e. The first kappa shape index (κ1) is 23.0. The third-order valence-corrected chi connectivity index (χ3v) is 5.76. The highest BCUT2D eigenvalue weighted by atomic mass is 32.1. The summed E-state index contributed by atoms with van der Waals surface area (Å²) in [6.07, 6.45) is 0. The lowest BCUT2D eigenvalue weighted by molar-refractivity contribution is -0.119. The Morgan fingerprint density at radius 2 is 1.59 bits per heavy atom. The number of hydrogen-bond acceptors (Lipinski definition) is 7. The zero-order valence-corrected chi connectivity index (χ0v) is 19.4. The summed E-state index contributed by atoms with van der Waals surface area (Å²) < 4.78 is 15.4. The molecule has 34 heavy (non-hydrogen) atoms. The van der Waals surface area contributed by atoms with E-state index in [-0.39, 0.29) is 5.56 Å². The van der Waals surface area contributed by atoms with Gasteiger partial charge in [0, 0.05) is 17.0 Å². The maximum Gasteiger partial charge on any atom is 0.342 e. The zero-order chi connectivity index (χ0) is 23.9. The second kappa shape index (κ2) is 10.6. The summed E-state index contributed by atoms with van der Waals surface area (Å²) in [5, 5.41) is 4.95. The van der Waals surface area contributed by atoms with Crippen molar-refractivity contribution >= 4 is 28.3 Å². The van der Waals surface area contributed by atoms with Crippen LogP contribution in [-0.2, 0) is 9.53 Å². The summed E-state index contributed by atoms with van der Waals surface area (Å²) in [5.41, 5.74) is 4.14. The van der Waals surface area contributed by atoms with Crippen molar-refractivity contribution in [2.75, 3.05) is 26.1 Å². The molecule has 1 N–H and O–H groups in total. The van der Waals surface area contributed by atoms with Crippen molar-refractivity contribution < 1.29 is 23.8 Å². The zero-order valence-electron chi connectivity index (χ0n) is 18.6. The van der Waals surface area contributed by atoms with Crippen LogP contribution in [-0.4, -0.2) is 37.7 Å². The van der Waals surface area contributed by atoms with Gasteiger partial charge in [-0.15, -0.1) is 11.3 Å². The predicted molar refractivity (Wildman–Crippen MR) is 131 cm³/mol. The highest BCUT2D eigenvalue weighted by Crippen LogP contribution is 2.28. The van der Waals surface area contributed by atoms with E-state index in [1.54, 1.807) is 12.1 Å². The van der Waals surface area contributed by atoms with Gasteiger partial charge in [-0.3, -0.25) is 10.1 Å². The number of carbonyl (C=O) groups excluding carboxylic acids is 2. The van der Waals surface area contributed by atoms with Gasteiger partial charge in [0.05, 0.1) is 19.9 Å². The van der Waals surface area contributed by atoms with Crippen LogP contribution in [0.25, 0.3) is 22.4 Å². The van der Waals surface area contributed by atoms with Crippen molar-refractivity contribution in [3.05, 3.63) is 83.7 Å². The molecule has 4 rings (SSSR count). The second-order valence-electron chi connectivity index (χ2n) is 7.17. The van der Waals surface area contributed by atoms with Crippen LogP contribution in [0.1, 0.15) is 10.4 Å². The topological polar surface area (TPSA) is 86.8 Å². The minimum atomic E-state index is -0.673. The molecule has 0 radical (unpaired) electrons. The maximum absolute atomic E-state index is 12.4. The van der Waals surface area contributed by atoms with E-state index in [0.717, 1.165) is 22.4 Å². The fourth-order valence-electron chi connectivity index (χ4n) is 3.26. The van der Waals surface area contributed by atoms with Crippen molar-refractivity contribution in [3.63, 3.8) is 0 Å². The maximum atomic E-state index is 12.4. The van der Waals surface area contributed by atoms with Crippen LogP contribution in [0.3, 0.4) is 0 Å². The smallest absolute Gasteiger partial charge is 0.342 e. The van der Waals surface area contributed by atoms with Crippen molar-refractivity contribution in [1.82, 2.24) is 4.98 Å². The fourth-order valence-corrected chi connectivity index (χ4v) is 3.99. The highest BCUT2D eigenvalue weighted by Gasteiger charge is 2.17. The number of rotatable bonds is 8. The fraction of sp³-hybridized carbons (Fsp3) is 0.115. The van der Waals surface area contributed by atoms with E-state index in [1.165, 1.54) is 31.6 Å². The molecule has 0 saturated heterocycles. The molecule has 0 fully saturated rings. The molecule has 0 saturated carbocycles. The van der Waals surface area contributed by atoms with Crippen molar-refractivity contribution in [2.45, 2.75) is 0 Å². The third kappa shape index (κ3) is 5.41. The number of nitrogens with one attached hydrogen (secondary N) is 1. The molecule has 0 unspecified atom stereocenters. The number of nitrogens with zero attached hydrogens (tertiary/aromatic N) is 1. The number of amides is 1. The number of thiazole rings is 1. The van der Waals surface area contributed by atoms with Gasteiger partial charge in [0.1, 0.15) is 17.1 Å². The molecular weight excluding hydrogens is 452 g/mol. The number of carbonyl (C=O) groups is 2. The Morgan fingerprint density at radius 3 is 2.29 bits per heavy atom. The standard InChI is InChI=1S/C26H22N2O5S/c1-31-20-12-13-21(23(14-20)32-2)25(30)33-15-24(29)28-26-27-22(16-34-26)19-10-8-18(9-11-19)17-6-4-3-5-7-17/h3-14,16H,15H2,1-2H3,(H,27,28,29). The van der Waals surface area contributed by atoms with Crippen LogP contribution < -0.4 is 14.8 Å². The normalized spacial score (nSPS) is 10.4. The molecule has 0 atom stereocenters. The van der Waals surface area contributed by atoms with Gasteiger partial charge in [0.2, 0.25) is 0 Å². The quantitative estimate of drug-likeness (QED) is 0.349. The molecule has 4 aromatic rings. The van der Waals surface area contributed by atoms with E-state index in [9.17, 15) is 9.59 Å². The van der Waals surface area contributed by atoms with Gasteiger partial charge in [-0.25, -0.2) is 9.78 Å². The predicted octanol–water partition coefficient (Wildman–Crippen LogP) is 5.29. The monoisotopic (exact) mass is 474 g/mol. The molecule has 0 bridgehead atoms. The molecule has 0 aliphatic rings. The average Bonchev–Trinajstić information content (AvgIpc) is 3.35. The molecule has 7 nitrogen and oxygen atoms in total. The summed E-state index contributed by atoms with van der Waals surface area (Å²) in [6.45, 7) is -0.450. The number of methoxy groups -OCH3 is 2. The Kier molecular flexibility index (Phi) is 7.19. The van der Waals surface area contributed by atoms with Crippen LogP contribution >= 0.6 is 11.3 Å². The summed E-state index contributed by atoms with van der Waals surface area (Å²) in [7, 11) is 2.95. The molecular formula is C26H22N2O5S. The molecule has 1 amide bonds. The second-order valence-corrected chi connectivity index (χ2v) is 8.03. The Morgan fingerprint density at radius 1 is 0.882 bits per heavy atom. The van der Waals surface area contributed by atoms with Crippen molar-refractivity contribution in [1.29, 1.82) is 0 Å². The van der Waals surface area contributed by atoms with Gasteiger partial charge >= 0.3 is 5.97 Å². The number of hydrogen-bond donors (Lipinski definition) is 1. The number of benzene rings is 3. The lowest BCUT2D eigenvalue weighted by atomic mass is 10.0. The highest BCUT2D eigenvalue weighted by molar-refractivity contribution is 7.14. The number of aromatic nitrogens is 1. The summed E-state index contributed by atoms with van der Waals surface area (Å²) >= 11 is 1.30. The molecule has 3 aromatic carbocycles. The van der Waals surface area contributed by atoms with Crippen LogP contribution in [0.5, 0.6) is 11.5 Å². The van der Waals surface area contributed by atoms with E-state index in [1.807, 2.05) is 47.8 Å². The van der Waals surface area contributed by atoms with E-state index in [0.29, 0.717) is 16.6 Å². The van der Waals surface area contributed by atoms with Crippen LogP contribution in [0.2, 0.25) is 0 Å². The molecule has 0 spiro atoms. The average molecular weight is 475 g/mol. The molecule has 8 heteroatoms. The van der Waals surface area contributed by atoms with E-state index < -0.39 is 18.5 Å². The van der Waals surface area contributed by atoms with E-state index in [4.69, 9.17) is 14.2 Å². The summed E-state index contributed by atoms with van der Waals surface area (Å²) in [6, 6.07) is 22.9. The minimum absolute atomic E-state index is 0.201. The Labute approximate surface area is 201 Å². The van der Waals surface area contributed by atoms with Crippen LogP contribution in [0.15, 0.2) is 78.2 Å². The molecule has 172 valence electrons. The molecule has 0 aliphatic heterocycles. The van der Waals surface area contributed by atoms with Crippen LogP contribution in [0.4, 0.5) is 5.13 Å². The van der Waals surface area contributed by atoms with Gasteiger partial charge < -0.3 is 14.2 Å². The first-order chi connectivity index (χ1) is 16.6. The number of ether oxygens (including phenoxy) is 3. The number of anilines is 1. The first-order valence-corrected chi connectivity index (χ1v) is 11.3. The largest absolute Gasteiger partial charge is 0.497 e. The Hall–Kier alpha value is -4.17. The van der Waals surface area contributed by atoms with Crippen molar-refractivity contribution in [2.24, 2.45) is 0 Å². The first-order valence-electron chi connectivity index (χ1n) is 10.4. The lowest BCUT2D eigenvalue weighted by Crippen LogP contribution is -2.21.